The van der Waals surface area contributed by atoms with Crippen LogP contribution in [0.25, 0.3) is 0 Å². The van der Waals surface area contributed by atoms with Gasteiger partial charge in [-0.1, -0.05) is 30.3 Å². The topological polar surface area (TPSA) is 46.3 Å². The van der Waals surface area contributed by atoms with Crippen molar-refractivity contribution in [2.45, 2.75) is 45.1 Å². The van der Waals surface area contributed by atoms with E-state index in [1.54, 1.807) is 0 Å². The molecular formula is C18H26N2O. The molecule has 2 aliphatic rings. The molecule has 1 aromatic carbocycles. The van der Waals surface area contributed by atoms with Gasteiger partial charge in [-0.05, 0) is 50.5 Å². The highest BCUT2D eigenvalue weighted by molar-refractivity contribution is 5.85. The monoisotopic (exact) mass is 286 g/mol. The molecule has 1 aromatic rings. The molecule has 1 aliphatic heterocycles. The highest BCUT2D eigenvalue weighted by atomic mass is 16.2. The van der Waals surface area contributed by atoms with E-state index in [0.717, 1.165) is 45.2 Å². The van der Waals surface area contributed by atoms with E-state index in [1.165, 1.54) is 5.56 Å². The normalized spacial score (nSPS) is 22.9. The number of nitrogens with zero attached hydrogens (tertiary/aromatic N) is 1. The van der Waals surface area contributed by atoms with Crippen LogP contribution in [-0.4, -0.2) is 29.9 Å². The Morgan fingerprint density at radius 3 is 2.43 bits per heavy atom. The predicted octanol–water partition coefficient (Wildman–Crippen LogP) is 2.60. The number of carbonyl (C=O) groups is 1. The van der Waals surface area contributed by atoms with Gasteiger partial charge in [-0.3, -0.25) is 4.79 Å². The van der Waals surface area contributed by atoms with E-state index >= 15 is 0 Å². The van der Waals surface area contributed by atoms with Crippen molar-refractivity contribution in [3.8, 4) is 0 Å². The zero-order valence-electron chi connectivity index (χ0n) is 12.9. The Morgan fingerprint density at radius 1 is 1.29 bits per heavy atom. The van der Waals surface area contributed by atoms with E-state index in [9.17, 15) is 4.79 Å². The van der Waals surface area contributed by atoms with E-state index < -0.39 is 0 Å². The van der Waals surface area contributed by atoms with Crippen molar-refractivity contribution in [1.82, 2.24) is 4.90 Å². The Labute approximate surface area is 127 Å². The summed E-state index contributed by atoms with van der Waals surface area (Å²) in [7, 11) is 0. The molecule has 21 heavy (non-hydrogen) atoms. The Hall–Kier alpha value is -1.35. The minimum Gasteiger partial charge on any atom is -0.342 e. The number of likely N-dealkylation sites (tertiary alicyclic amines) is 1. The van der Waals surface area contributed by atoms with Crippen molar-refractivity contribution < 1.29 is 4.79 Å². The molecule has 1 aliphatic carbocycles. The summed E-state index contributed by atoms with van der Waals surface area (Å²) in [6, 6.07) is 10.7. The molecule has 1 saturated heterocycles. The molecule has 3 nitrogen and oxygen atoms in total. The summed E-state index contributed by atoms with van der Waals surface area (Å²) in [6.07, 6.45) is 5.12. The molecule has 2 N–H and O–H groups in total. The maximum Gasteiger partial charge on any atom is 0.229 e. The van der Waals surface area contributed by atoms with Crippen molar-refractivity contribution in [1.29, 1.82) is 0 Å². The van der Waals surface area contributed by atoms with E-state index in [0.29, 0.717) is 11.8 Å². The van der Waals surface area contributed by atoms with E-state index in [-0.39, 0.29) is 11.5 Å². The van der Waals surface area contributed by atoms with Gasteiger partial charge in [0.05, 0.1) is 5.41 Å². The number of piperidine rings is 1. The molecule has 3 heteroatoms. The summed E-state index contributed by atoms with van der Waals surface area (Å²) in [4.78, 5) is 14.9. The fourth-order valence-electron chi connectivity index (χ4n) is 3.57. The summed E-state index contributed by atoms with van der Waals surface area (Å²) >= 11 is 0. The SMILES string of the molecule is CC(N)C1CCN(C(=O)C2(Cc3ccccc3)CC2)CC1. The number of benzene rings is 1. The fraction of sp³-hybridized carbons (Fsp3) is 0.611. The van der Waals surface area contributed by atoms with Crippen molar-refractivity contribution in [2.24, 2.45) is 17.1 Å². The van der Waals surface area contributed by atoms with E-state index in [4.69, 9.17) is 5.73 Å². The lowest BCUT2D eigenvalue weighted by Gasteiger charge is -2.36. The lowest BCUT2D eigenvalue weighted by Crippen LogP contribution is -2.45. The van der Waals surface area contributed by atoms with Crippen LogP contribution < -0.4 is 5.73 Å². The summed E-state index contributed by atoms with van der Waals surface area (Å²) in [6.45, 7) is 3.86. The molecule has 0 bridgehead atoms. The third-order valence-electron chi connectivity index (χ3n) is 5.26. The van der Waals surface area contributed by atoms with Crippen molar-refractivity contribution in [3.05, 3.63) is 35.9 Å². The molecule has 2 fully saturated rings. The lowest BCUT2D eigenvalue weighted by molar-refractivity contribution is -0.138. The van der Waals surface area contributed by atoms with Crippen LogP contribution in [0.2, 0.25) is 0 Å². The first-order valence-electron chi connectivity index (χ1n) is 8.20. The molecular weight excluding hydrogens is 260 g/mol. The minimum atomic E-state index is -0.0947. The summed E-state index contributed by atoms with van der Waals surface area (Å²) in [5, 5.41) is 0. The first-order valence-corrected chi connectivity index (χ1v) is 8.20. The number of hydrogen-bond acceptors (Lipinski definition) is 2. The smallest absolute Gasteiger partial charge is 0.229 e. The molecule has 3 rings (SSSR count). The van der Waals surface area contributed by atoms with Crippen LogP contribution in [0.4, 0.5) is 0 Å². The molecule has 1 saturated carbocycles. The van der Waals surface area contributed by atoms with Crippen LogP contribution in [0, 0.1) is 11.3 Å². The second kappa shape index (κ2) is 5.80. The lowest BCUT2D eigenvalue weighted by atomic mass is 9.89. The Balaban J connectivity index is 1.61. The highest BCUT2D eigenvalue weighted by Crippen LogP contribution is 2.50. The molecule has 0 spiro atoms. The molecule has 114 valence electrons. The van der Waals surface area contributed by atoms with Crippen molar-refractivity contribution >= 4 is 5.91 Å². The van der Waals surface area contributed by atoms with E-state index in [2.05, 4.69) is 36.1 Å². The number of nitrogens with two attached hydrogens (primary N) is 1. The molecule has 1 heterocycles. The van der Waals surface area contributed by atoms with Gasteiger partial charge in [-0.15, -0.1) is 0 Å². The molecule has 0 radical (unpaired) electrons. The van der Waals surface area contributed by atoms with Gasteiger partial charge < -0.3 is 10.6 Å². The second-order valence-corrected chi connectivity index (χ2v) is 6.93. The van der Waals surface area contributed by atoms with Gasteiger partial charge in [0.1, 0.15) is 0 Å². The van der Waals surface area contributed by atoms with Gasteiger partial charge in [0.15, 0.2) is 0 Å². The average molecular weight is 286 g/mol. The quantitative estimate of drug-likeness (QED) is 0.924. The highest BCUT2D eigenvalue weighted by Gasteiger charge is 2.51. The third kappa shape index (κ3) is 3.13. The molecule has 1 atom stereocenters. The number of rotatable bonds is 4. The molecule has 1 amide bonds. The summed E-state index contributed by atoms with van der Waals surface area (Å²) < 4.78 is 0. The van der Waals surface area contributed by atoms with Crippen LogP contribution in [0.5, 0.6) is 0 Å². The average Bonchev–Trinajstić information content (AvgIpc) is 3.28. The van der Waals surface area contributed by atoms with Crippen LogP contribution in [0.1, 0.15) is 38.2 Å². The van der Waals surface area contributed by atoms with Crippen molar-refractivity contribution in [3.63, 3.8) is 0 Å². The molecule has 0 aromatic heterocycles. The van der Waals surface area contributed by atoms with Gasteiger partial charge in [0, 0.05) is 19.1 Å². The van der Waals surface area contributed by atoms with Crippen LogP contribution in [0.3, 0.4) is 0 Å². The Morgan fingerprint density at radius 2 is 1.90 bits per heavy atom. The zero-order valence-corrected chi connectivity index (χ0v) is 12.9. The van der Waals surface area contributed by atoms with Gasteiger partial charge in [0.25, 0.3) is 0 Å². The zero-order chi connectivity index (χ0) is 14.9. The first-order chi connectivity index (χ1) is 10.1. The van der Waals surface area contributed by atoms with Crippen LogP contribution in [0.15, 0.2) is 30.3 Å². The fourth-order valence-corrected chi connectivity index (χ4v) is 3.57. The van der Waals surface area contributed by atoms with Gasteiger partial charge in [-0.2, -0.15) is 0 Å². The standard InChI is InChI=1S/C18H26N2O/c1-14(19)16-7-11-20(12-8-16)17(21)18(9-10-18)13-15-5-3-2-4-6-15/h2-6,14,16H,7-13,19H2,1H3. The maximum absolute atomic E-state index is 12.9. The van der Waals surface area contributed by atoms with Crippen molar-refractivity contribution in [2.75, 3.05) is 13.1 Å². The summed E-state index contributed by atoms with van der Waals surface area (Å²) in [5.41, 5.74) is 7.18. The summed E-state index contributed by atoms with van der Waals surface area (Å²) in [5.74, 6) is 0.966. The maximum atomic E-state index is 12.9. The number of amides is 1. The minimum absolute atomic E-state index is 0.0947. The van der Waals surface area contributed by atoms with Gasteiger partial charge in [0.2, 0.25) is 5.91 Å². The van der Waals surface area contributed by atoms with Crippen LogP contribution >= 0.6 is 0 Å². The second-order valence-electron chi connectivity index (χ2n) is 6.93. The number of carbonyl (C=O) groups excluding carboxylic acids is 1. The van der Waals surface area contributed by atoms with Gasteiger partial charge in [-0.25, -0.2) is 0 Å². The third-order valence-corrected chi connectivity index (χ3v) is 5.26. The predicted molar refractivity (Wildman–Crippen MR) is 84.8 cm³/mol. The largest absolute Gasteiger partial charge is 0.342 e. The Kier molecular flexibility index (Phi) is 4.03. The van der Waals surface area contributed by atoms with Gasteiger partial charge >= 0.3 is 0 Å². The molecule has 1 unspecified atom stereocenters. The number of hydrogen-bond donors (Lipinski definition) is 1. The van der Waals surface area contributed by atoms with E-state index in [1.807, 2.05) is 6.07 Å². The Bertz CT molecular complexity index is 485. The van der Waals surface area contributed by atoms with Crippen LogP contribution in [-0.2, 0) is 11.2 Å². The first kappa shape index (κ1) is 14.6.